The minimum absolute atomic E-state index is 0.0232. The second-order valence-corrected chi connectivity index (χ2v) is 3.92. The summed E-state index contributed by atoms with van der Waals surface area (Å²) in [6.45, 7) is 2.27. The van der Waals surface area contributed by atoms with E-state index in [0.717, 1.165) is 0 Å². The molecule has 0 unspecified atom stereocenters. The van der Waals surface area contributed by atoms with Gasteiger partial charge in [0, 0.05) is 6.54 Å². The van der Waals surface area contributed by atoms with Crippen LogP contribution < -0.4 is 11.1 Å². The van der Waals surface area contributed by atoms with Crippen molar-refractivity contribution in [1.82, 2.24) is 4.90 Å². The number of halogens is 1. The highest BCUT2D eigenvalue weighted by molar-refractivity contribution is 5.93. The van der Waals surface area contributed by atoms with Gasteiger partial charge >= 0.3 is 6.03 Å². The normalized spacial score (nSPS) is 11.2. The third kappa shape index (κ3) is 4.46. The average Bonchev–Trinajstić information content (AvgIpc) is 2.40. The van der Waals surface area contributed by atoms with Gasteiger partial charge in [0.25, 0.3) is 0 Å². The number of amidine groups is 1. The van der Waals surface area contributed by atoms with E-state index in [0.29, 0.717) is 13.0 Å². The topological polar surface area (TPSA) is 90.9 Å². The molecular weight excluding hydrogens is 251 g/mol. The van der Waals surface area contributed by atoms with Crippen molar-refractivity contribution in [3.8, 4) is 0 Å². The van der Waals surface area contributed by atoms with Crippen LogP contribution >= 0.6 is 0 Å². The molecular formula is C12H17FN4O2. The third-order valence-corrected chi connectivity index (χ3v) is 2.38. The van der Waals surface area contributed by atoms with Crippen molar-refractivity contribution in [1.29, 1.82) is 0 Å². The minimum Gasteiger partial charge on any atom is -0.409 e. The molecule has 1 aromatic carbocycles. The summed E-state index contributed by atoms with van der Waals surface area (Å²) in [5.74, 6) is -0.603. The highest BCUT2D eigenvalue weighted by Gasteiger charge is 2.15. The van der Waals surface area contributed by atoms with Crippen molar-refractivity contribution in [2.24, 2.45) is 10.9 Å². The molecule has 0 spiro atoms. The first-order chi connectivity index (χ1) is 9.08. The predicted octanol–water partition coefficient (Wildman–Crippen LogP) is 1.82. The number of oxime groups is 1. The number of hydrogen-bond donors (Lipinski definition) is 3. The Hall–Kier alpha value is -2.31. The fourth-order valence-electron chi connectivity index (χ4n) is 1.51. The summed E-state index contributed by atoms with van der Waals surface area (Å²) in [5, 5.41) is 13.8. The lowest BCUT2D eigenvalue weighted by atomic mass is 10.3. The molecule has 0 radical (unpaired) electrons. The van der Waals surface area contributed by atoms with Crippen LogP contribution in [0.1, 0.15) is 13.3 Å². The number of rotatable bonds is 5. The summed E-state index contributed by atoms with van der Waals surface area (Å²) in [6, 6.07) is 5.36. The van der Waals surface area contributed by atoms with Crippen LogP contribution in [0.25, 0.3) is 0 Å². The van der Waals surface area contributed by atoms with Gasteiger partial charge in [-0.3, -0.25) is 0 Å². The van der Waals surface area contributed by atoms with Crippen LogP contribution in [-0.4, -0.2) is 35.1 Å². The number of benzene rings is 1. The largest absolute Gasteiger partial charge is 0.409 e. The Morgan fingerprint density at radius 2 is 2.21 bits per heavy atom. The number of carbonyl (C=O) groups is 1. The number of urea groups is 1. The Balaban J connectivity index is 2.75. The maximum absolute atomic E-state index is 13.4. The first kappa shape index (κ1) is 14.7. The Kier molecular flexibility index (Phi) is 5.59. The van der Waals surface area contributed by atoms with Crippen LogP contribution in [0.5, 0.6) is 0 Å². The highest BCUT2D eigenvalue weighted by Crippen LogP contribution is 2.13. The van der Waals surface area contributed by atoms with Crippen molar-refractivity contribution in [3.05, 3.63) is 30.1 Å². The van der Waals surface area contributed by atoms with Gasteiger partial charge in [0.15, 0.2) is 5.84 Å². The first-order valence-corrected chi connectivity index (χ1v) is 5.85. The van der Waals surface area contributed by atoms with Gasteiger partial charge in [0.2, 0.25) is 0 Å². The van der Waals surface area contributed by atoms with Crippen molar-refractivity contribution >= 4 is 17.6 Å². The quantitative estimate of drug-likeness (QED) is 0.329. The molecule has 2 amide bonds. The number of anilines is 1. The Bertz CT molecular complexity index is 465. The zero-order valence-electron chi connectivity index (χ0n) is 10.6. The van der Waals surface area contributed by atoms with Crippen LogP contribution in [0.2, 0.25) is 0 Å². The van der Waals surface area contributed by atoms with Gasteiger partial charge < -0.3 is 21.2 Å². The summed E-state index contributed by atoms with van der Waals surface area (Å²) in [5.41, 5.74) is 5.46. The van der Waals surface area contributed by atoms with E-state index in [1.807, 2.05) is 6.92 Å². The van der Waals surface area contributed by atoms with Crippen LogP contribution in [0.3, 0.4) is 0 Å². The van der Waals surface area contributed by atoms with Gasteiger partial charge in [-0.25, -0.2) is 9.18 Å². The molecule has 0 bridgehead atoms. The molecule has 19 heavy (non-hydrogen) atoms. The van der Waals surface area contributed by atoms with E-state index in [1.165, 1.54) is 23.1 Å². The van der Waals surface area contributed by atoms with E-state index in [-0.39, 0.29) is 18.1 Å². The van der Waals surface area contributed by atoms with Crippen molar-refractivity contribution in [2.45, 2.75) is 13.3 Å². The van der Waals surface area contributed by atoms with Gasteiger partial charge in [-0.05, 0) is 18.6 Å². The number of para-hydroxylation sites is 1. The molecule has 0 aromatic heterocycles. The number of nitrogens with two attached hydrogens (primary N) is 1. The number of nitrogens with one attached hydrogen (secondary N) is 1. The second kappa shape index (κ2) is 7.20. The smallest absolute Gasteiger partial charge is 0.322 e. The molecule has 0 saturated heterocycles. The fourth-order valence-corrected chi connectivity index (χ4v) is 1.51. The van der Waals surface area contributed by atoms with Gasteiger partial charge in [0.05, 0.1) is 12.2 Å². The molecule has 6 nitrogen and oxygen atoms in total. The van der Waals surface area contributed by atoms with Crippen LogP contribution in [0, 0.1) is 5.82 Å². The third-order valence-electron chi connectivity index (χ3n) is 2.38. The van der Waals surface area contributed by atoms with Crippen LogP contribution in [0.15, 0.2) is 29.4 Å². The Labute approximate surface area is 110 Å². The molecule has 0 fully saturated rings. The van der Waals surface area contributed by atoms with Crippen LogP contribution in [0.4, 0.5) is 14.9 Å². The SMILES string of the molecule is CCCN(CC(N)=NO)C(=O)Nc1ccccc1F. The maximum Gasteiger partial charge on any atom is 0.322 e. The van der Waals surface area contributed by atoms with E-state index in [9.17, 15) is 9.18 Å². The van der Waals surface area contributed by atoms with Crippen molar-refractivity contribution < 1.29 is 14.4 Å². The fraction of sp³-hybridized carbons (Fsp3) is 0.333. The van der Waals surface area contributed by atoms with Gasteiger partial charge in [-0.15, -0.1) is 0 Å². The molecule has 7 heteroatoms. The van der Waals surface area contributed by atoms with Crippen LogP contribution in [-0.2, 0) is 0 Å². The molecule has 0 aliphatic carbocycles. The zero-order chi connectivity index (χ0) is 14.3. The van der Waals surface area contributed by atoms with E-state index in [4.69, 9.17) is 10.9 Å². The van der Waals surface area contributed by atoms with E-state index < -0.39 is 11.8 Å². The number of carbonyl (C=O) groups excluding carboxylic acids is 1. The highest BCUT2D eigenvalue weighted by atomic mass is 19.1. The second-order valence-electron chi connectivity index (χ2n) is 3.92. The lowest BCUT2D eigenvalue weighted by molar-refractivity contribution is 0.217. The molecule has 1 rings (SSSR count). The molecule has 0 heterocycles. The maximum atomic E-state index is 13.4. The monoisotopic (exact) mass is 268 g/mol. The predicted molar refractivity (Wildman–Crippen MR) is 70.7 cm³/mol. The van der Waals surface area contributed by atoms with E-state index >= 15 is 0 Å². The molecule has 0 saturated carbocycles. The van der Waals surface area contributed by atoms with Gasteiger partial charge in [-0.2, -0.15) is 0 Å². The summed E-state index contributed by atoms with van der Waals surface area (Å²) in [7, 11) is 0. The summed E-state index contributed by atoms with van der Waals surface area (Å²) in [4.78, 5) is 13.3. The van der Waals surface area contributed by atoms with Gasteiger partial charge in [0.1, 0.15) is 5.82 Å². The molecule has 1 aromatic rings. The van der Waals surface area contributed by atoms with E-state index in [1.54, 1.807) is 6.07 Å². The van der Waals surface area contributed by atoms with Gasteiger partial charge in [-0.1, -0.05) is 24.2 Å². The van der Waals surface area contributed by atoms with Crippen molar-refractivity contribution in [2.75, 3.05) is 18.4 Å². The lowest BCUT2D eigenvalue weighted by Gasteiger charge is -2.21. The summed E-state index contributed by atoms with van der Waals surface area (Å²) < 4.78 is 13.4. The first-order valence-electron chi connectivity index (χ1n) is 5.85. The standard InChI is InChI=1S/C12H17FN4O2/c1-2-7-17(8-11(14)16-19)12(18)15-10-6-4-3-5-9(10)13/h3-6,19H,2,7-8H2,1H3,(H2,14,16)(H,15,18). The summed E-state index contributed by atoms with van der Waals surface area (Å²) in [6.07, 6.45) is 0.698. The molecule has 0 aliphatic heterocycles. The van der Waals surface area contributed by atoms with Crippen molar-refractivity contribution in [3.63, 3.8) is 0 Å². The molecule has 0 atom stereocenters. The molecule has 4 N–H and O–H groups in total. The lowest BCUT2D eigenvalue weighted by Crippen LogP contribution is -2.41. The molecule has 0 aliphatic rings. The summed E-state index contributed by atoms with van der Waals surface area (Å²) >= 11 is 0. The van der Waals surface area contributed by atoms with E-state index in [2.05, 4.69) is 10.5 Å². The zero-order valence-corrected chi connectivity index (χ0v) is 10.6. The average molecular weight is 268 g/mol. The number of amides is 2. The number of hydrogen-bond acceptors (Lipinski definition) is 3. The minimum atomic E-state index is -0.518. The number of nitrogens with zero attached hydrogens (tertiary/aromatic N) is 2. The Morgan fingerprint density at radius 3 is 2.79 bits per heavy atom. The molecule has 104 valence electrons. The Morgan fingerprint density at radius 1 is 1.53 bits per heavy atom.